The van der Waals surface area contributed by atoms with E-state index in [1.54, 1.807) is 13.2 Å². The molecule has 1 heterocycles. The van der Waals surface area contributed by atoms with Gasteiger partial charge in [-0.15, -0.1) is 0 Å². The SMILES string of the molecule is COc1ccccc1-c1cccc2c(C(=O)O)ccnc12. The molecule has 0 aliphatic carbocycles. The number of ether oxygens (including phenoxy) is 1. The van der Waals surface area contributed by atoms with Crippen LogP contribution in [-0.2, 0) is 0 Å². The summed E-state index contributed by atoms with van der Waals surface area (Å²) >= 11 is 0. The zero-order chi connectivity index (χ0) is 14.8. The Kier molecular flexibility index (Phi) is 3.28. The van der Waals surface area contributed by atoms with Gasteiger partial charge in [-0.25, -0.2) is 4.79 Å². The fourth-order valence-corrected chi connectivity index (χ4v) is 2.45. The molecular formula is C17H13NO3. The Labute approximate surface area is 121 Å². The van der Waals surface area contributed by atoms with Gasteiger partial charge in [0, 0.05) is 22.7 Å². The van der Waals surface area contributed by atoms with Gasteiger partial charge < -0.3 is 9.84 Å². The zero-order valence-electron chi connectivity index (χ0n) is 11.4. The van der Waals surface area contributed by atoms with Crippen LogP contribution in [0.15, 0.2) is 54.7 Å². The lowest BCUT2D eigenvalue weighted by Gasteiger charge is -2.11. The largest absolute Gasteiger partial charge is 0.496 e. The molecule has 4 heteroatoms. The number of hydrogen-bond donors (Lipinski definition) is 1. The molecule has 0 spiro atoms. The standard InChI is InChI=1S/C17H13NO3/c1-21-15-8-3-2-5-11(15)12-6-4-7-13-14(17(19)20)9-10-18-16(12)13/h2-10H,1H3,(H,19,20). The number of hydrogen-bond acceptors (Lipinski definition) is 3. The van der Waals surface area contributed by atoms with Crippen LogP contribution in [0.5, 0.6) is 5.75 Å². The molecule has 0 aliphatic heterocycles. The van der Waals surface area contributed by atoms with E-state index in [1.807, 2.05) is 36.4 Å². The van der Waals surface area contributed by atoms with Crippen LogP contribution in [0.1, 0.15) is 10.4 Å². The molecule has 0 fully saturated rings. The number of pyridine rings is 1. The van der Waals surface area contributed by atoms with Crippen molar-refractivity contribution < 1.29 is 14.6 Å². The van der Waals surface area contributed by atoms with E-state index in [4.69, 9.17) is 4.74 Å². The minimum absolute atomic E-state index is 0.247. The Morgan fingerprint density at radius 2 is 1.81 bits per heavy atom. The Balaban J connectivity index is 2.34. The van der Waals surface area contributed by atoms with Crippen LogP contribution < -0.4 is 4.74 Å². The summed E-state index contributed by atoms with van der Waals surface area (Å²) in [6.07, 6.45) is 1.52. The fourth-order valence-electron chi connectivity index (χ4n) is 2.45. The van der Waals surface area contributed by atoms with Gasteiger partial charge in [0.05, 0.1) is 18.2 Å². The summed E-state index contributed by atoms with van der Waals surface area (Å²) in [6.45, 7) is 0. The predicted molar refractivity (Wildman–Crippen MR) is 80.7 cm³/mol. The summed E-state index contributed by atoms with van der Waals surface area (Å²) in [4.78, 5) is 15.7. The zero-order valence-corrected chi connectivity index (χ0v) is 11.4. The molecule has 0 aliphatic rings. The first-order valence-corrected chi connectivity index (χ1v) is 6.47. The lowest BCUT2D eigenvalue weighted by molar-refractivity contribution is 0.0699. The molecule has 21 heavy (non-hydrogen) atoms. The Hall–Kier alpha value is -2.88. The first kappa shape index (κ1) is 13.1. The molecule has 4 nitrogen and oxygen atoms in total. The van der Waals surface area contributed by atoms with Gasteiger partial charge in [0.25, 0.3) is 0 Å². The van der Waals surface area contributed by atoms with Crippen molar-refractivity contribution in [3.8, 4) is 16.9 Å². The van der Waals surface area contributed by atoms with Gasteiger partial charge in [-0.05, 0) is 12.1 Å². The Morgan fingerprint density at radius 1 is 1.05 bits per heavy atom. The average molecular weight is 279 g/mol. The molecule has 0 radical (unpaired) electrons. The van der Waals surface area contributed by atoms with Gasteiger partial charge in [0.2, 0.25) is 0 Å². The number of para-hydroxylation sites is 2. The van der Waals surface area contributed by atoms with Crippen molar-refractivity contribution in [2.75, 3.05) is 7.11 Å². The third-order valence-electron chi connectivity index (χ3n) is 3.40. The van der Waals surface area contributed by atoms with Crippen LogP contribution in [0.25, 0.3) is 22.0 Å². The highest BCUT2D eigenvalue weighted by Crippen LogP contribution is 2.34. The molecule has 2 aromatic carbocycles. The molecule has 0 unspecified atom stereocenters. The van der Waals surface area contributed by atoms with Crippen LogP contribution in [-0.4, -0.2) is 23.2 Å². The molecule has 0 saturated heterocycles. The van der Waals surface area contributed by atoms with Crippen molar-refractivity contribution in [1.82, 2.24) is 4.98 Å². The van der Waals surface area contributed by atoms with E-state index in [0.717, 1.165) is 16.9 Å². The average Bonchev–Trinajstić information content (AvgIpc) is 2.53. The van der Waals surface area contributed by atoms with E-state index in [2.05, 4.69) is 4.98 Å². The summed E-state index contributed by atoms with van der Waals surface area (Å²) in [5, 5.41) is 9.91. The molecule has 1 N–H and O–H groups in total. The minimum atomic E-state index is -0.959. The van der Waals surface area contributed by atoms with Crippen LogP contribution in [0.2, 0.25) is 0 Å². The number of aromatic carboxylic acids is 1. The van der Waals surface area contributed by atoms with Crippen molar-refractivity contribution in [2.45, 2.75) is 0 Å². The number of aromatic nitrogens is 1. The van der Waals surface area contributed by atoms with Crippen LogP contribution in [0, 0.1) is 0 Å². The minimum Gasteiger partial charge on any atom is -0.496 e. The summed E-state index contributed by atoms with van der Waals surface area (Å²) < 4.78 is 5.38. The number of nitrogens with zero attached hydrogens (tertiary/aromatic N) is 1. The molecule has 104 valence electrons. The maximum Gasteiger partial charge on any atom is 0.336 e. The smallest absolute Gasteiger partial charge is 0.336 e. The summed E-state index contributed by atoms with van der Waals surface area (Å²) in [5.41, 5.74) is 2.65. The van der Waals surface area contributed by atoms with Gasteiger partial charge in [-0.3, -0.25) is 4.98 Å². The summed E-state index contributed by atoms with van der Waals surface area (Å²) in [7, 11) is 1.61. The van der Waals surface area contributed by atoms with Crippen molar-refractivity contribution in [1.29, 1.82) is 0 Å². The van der Waals surface area contributed by atoms with Crippen molar-refractivity contribution >= 4 is 16.9 Å². The third-order valence-corrected chi connectivity index (χ3v) is 3.40. The van der Waals surface area contributed by atoms with E-state index in [0.29, 0.717) is 10.9 Å². The monoisotopic (exact) mass is 279 g/mol. The lowest BCUT2D eigenvalue weighted by Crippen LogP contribution is -1.99. The van der Waals surface area contributed by atoms with Crippen molar-refractivity contribution in [3.05, 3.63) is 60.3 Å². The fraction of sp³-hybridized carbons (Fsp3) is 0.0588. The van der Waals surface area contributed by atoms with Crippen molar-refractivity contribution in [3.63, 3.8) is 0 Å². The van der Waals surface area contributed by atoms with Crippen LogP contribution in [0.3, 0.4) is 0 Å². The summed E-state index contributed by atoms with van der Waals surface area (Å²) in [6, 6.07) is 14.6. The molecule has 3 aromatic rings. The van der Waals surface area contributed by atoms with Gasteiger partial charge in [-0.1, -0.05) is 36.4 Å². The maximum atomic E-state index is 11.3. The maximum absolute atomic E-state index is 11.3. The number of methoxy groups -OCH3 is 1. The molecule has 0 saturated carbocycles. The normalized spacial score (nSPS) is 10.5. The second-order valence-corrected chi connectivity index (χ2v) is 4.57. The first-order chi connectivity index (χ1) is 10.2. The molecule has 3 rings (SSSR count). The molecule has 0 bridgehead atoms. The second-order valence-electron chi connectivity index (χ2n) is 4.57. The van der Waals surface area contributed by atoms with Gasteiger partial charge in [0.15, 0.2) is 0 Å². The molecular weight excluding hydrogens is 266 g/mol. The van der Waals surface area contributed by atoms with Crippen molar-refractivity contribution in [2.24, 2.45) is 0 Å². The van der Waals surface area contributed by atoms with Gasteiger partial charge >= 0.3 is 5.97 Å². The van der Waals surface area contributed by atoms with Gasteiger partial charge in [0.1, 0.15) is 5.75 Å². The molecule has 1 aromatic heterocycles. The summed E-state index contributed by atoms with van der Waals surface area (Å²) in [5.74, 6) is -0.230. The van der Waals surface area contributed by atoms with Crippen LogP contribution in [0.4, 0.5) is 0 Å². The Bertz CT molecular complexity index is 827. The number of benzene rings is 2. The first-order valence-electron chi connectivity index (χ1n) is 6.47. The van der Waals surface area contributed by atoms with Crippen LogP contribution >= 0.6 is 0 Å². The number of rotatable bonds is 3. The number of fused-ring (bicyclic) bond motifs is 1. The highest BCUT2D eigenvalue weighted by molar-refractivity contribution is 6.06. The van der Waals surface area contributed by atoms with E-state index >= 15 is 0 Å². The number of carboxylic acids is 1. The second kappa shape index (κ2) is 5.25. The topological polar surface area (TPSA) is 59.4 Å². The van der Waals surface area contributed by atoms with Gasteiger partial charge in [-0.2, -0.15) is 0 Å². The van der Waals surface area contributed by atoms with E-state index in [-0.39, 0.29) is 5.56 Å². The highest BCUT2D eigenvalue weighted by atomic mass is 16.5. The quantitative estimate of drug-likeness (QED) is 0.795. The van der Waals surface area contributed by atoms with E-state index < -0.39 is 5.97 Å². The molecule has 0 amide bonds. The number of carboxylic acid groups (broad SMARTS) is 1. The third kappa shape index (κ3) is 2.21. The van der Waals surface area contributed by atoms with E-state index in [9.17, 15) is 9.90 Å². The highest BCUT2D eigenvalue weighted by Gasteiger charge is 2.14. The predicted octanol–water partition coefficient (Wildman–Crippen LogP) is 3.61. The lowest BCUT2D eigenvalue weighted by atomic mass is 9.99. The Morgan fingerprint density at radius 3 is 2.57 bits per heavy atom. The molecule has 0 atom stereocenters. The number of carbonyl (C=O) groups is 1. The van der Waals surface area contributed by atoms with E-state index in [1.165, 1.54) is 12.3 Å².